The van der Waals surface area contributed by atoms with Gasteiger partial charge in [-0.3, -0.25) is 0 Å². The summed E-state index contributed by atoms with van der Waals surface area (Å²) in [4.78, 5) is 0. The van der Waals surface area contributed by atoms with Crippen LogP contribution in [0.4, 0.5) is 0 Å². The standard InChI is InChI=1S/C12H22O10S/c13-1-3-10(7(16)8(17)11(19)20-3)22-12-9(18)6(15)5(14)4(2-23)21-12/h3-19,23H,1-2H2/t3?,4?,5-,6?,7?,8-,9-,10-,11+,12-/m0/s1. The lowest BCUT2D eigenvalue weighted by Crippen LogP contribution is -2.64. The quantitative estimate of drug-likeness (QED) is 0.229. The predicted octanol–water partition coefficient (Wildman–Crippen LogP) is -4.46. The van der Waals surface area contributed by atoms with Gasteiger partial charge in [-0.15, -0.1) is 0 Å². The molecule has 2 rings (SSSR count). The van der Waals surface area contributed by atoms with Crippen molar-refractivity contribution in [3.63, 3.8) is 0 Å². The van der Waals surface area contributed by atoms with Gasteiger partial charge in [0.15, 0.2) is 12.6 Å². The first-order chi connectivity index (χ1) is 10.8. The molecule has 2 fully saturated rings. The molecule has 23 heavy (non-hydrogen) atoms. The van der Waals surface area contributed by atoms with Gasteiger partial charge < -0.3 is 50.0 Å². The monoisotopic (exact) mass is 358 g/mol. The lowest BCUT2D eigenvalue weighted by molar-refractivity contribution is -0.351. The van der Waals surface area contributed by atoms with Crippen molar-refractivity contribution in [3.05, 3.63) is 0 Å². The van der Waals surface area contributed by atoms with E-state index >= 15 is 0 Å². The fourth-order valence-electron chi connectivity index (χ4n) is 2.57. The van der Waals surface area contributed by atoms with Crippen molar-refractivity contribution in [2.75, 3.05) is 12.4 Å². The van der Waals surface area contributed by atoms with E-state index in [1.807, 2.05) is 0 Å². The first-order valence-corrected chi connectivity index (χ1v) is 7.71. The molecule has 0 aromatic carbocycles. The summed E-state index contributed by atoms with van der Waals surface area (Å²) >= 11 is 3.96. The Labute approximate surface area is 137 Å². The van der Waals surface area contributed by atoms with Crippen LogP contribution in [0, 0.1) is 0 Å². The van der Waals surface area contributed by atoms with E-state index in [2.05, 4.69) is 12.6 Å². The van der Waals surface area contributed by atoms with Gasteiger partial charge in [0, 0.05) is 5.75 Å². The van der Waals surface area contributed by atoms with Gasteiger partial charge in [-0.25, -0.2) is 0 Å². The van der Waals surface area contributed by atoms with Crippen molar-refractivity contribution in [2.24, 2.45) is 0 Å². The topological polar surface area (TPSA) is 169 Å². The molecule has 0 radical (unpaired) electrons. The summed E-state index contributed by atoms with van der Waals surface area (Å²) in [7, 11) is 0. The zero-order valence-electron chi connectivity index (χ0n) is 12.0. The van der Waals surface area contributed by atoms with Crippen LogP contribution in [0.15, 0.2) is 0 Å². The van der Waals surface area contributed by atoms with Gasteiger partial charge in [0.2, 0.25) is 0 Å². The molecule has 2 aliphatic heterocycles. The van der Waals surface area contributed by atoms with Crippen molar-refractivity contribution in [1.82, 2.24) is 0 Å². The minimum Gasteiger partial charge on any atom is -0.394 e. The molecular formula is C12H22O10S. The molecule has 4 unspecified atom stereocenters. The fraction of sp³-hybridized carbons (Fsp3) is 1.00. The number of hydrogen-bond acceptors (Lipinski definition) is 11. The van der Waals surface area contributed by atoms with Gasteiger partial charge in [-0.2, -0.15) is 12.6 Å². The Balaban J connectivity index is 2.11. The third kappa shape index (κ3) is 3.80. The second-order valence-electron chi connectivity index (χ2n) is 5.53. The van der Waals surface area contributed by atoms with E-state index in [0.29, 0.717) is 0 Å². The Kier molecular flexibility index (Phi) is 6.61. The van der Waals surface area contributed by atoms with E-state index in [1.165, 1.54) is 0 Å². The zero-order chi connectivity index (χ0) is 17.3. The molecule has 2 saturated heterocycles. The molecule has 7 N–H and O–H groups in total. The van der Waals surface area contributed by atoms with E-state index in [0.717, 1.165) is 0 Å². The Hall–Kier alpha value is -0.0500. The number of ether oxygens (including phenoxy) is 3. The molecule has 10 nitrogen and oxygen atoms in total. The largest absolute Gasteiger partial charge is 0.394 e. The summed E-state index contributed by atoms with van der Waals surface area (Å²) in [6, 6.07) is 0. The maximum absolute atomic E-state index is 9.98. The van der Waals surface area contributed by atoms with Crippen molar-refractivity contribution >= 4 is 12.6 Å². The predicted molar refractivity (Wildman–Crippen MR) is 75.4 cm³/mol. The Morgan fingerprint density at radius 3 is 2.00 bits per heavy atom. The van der Waals surface area contributed by atoms with Crippen LogP contribution in [0.5, 0.6) is 0 Å². The lowest BCUT2D eigenvalue weighted by Gasteiger charge is -2.45. The molecule has 0 amide bonds. The molecule has 10 atom stereocenters. The maximum atomic E-state index is 9.98. The van der Waals surface area contributed by atoms with Crippen LogP contribution in [-0.4, -0.2) is 110 Å². The minimum absolute atomic E-state index is 0.0271. The van der Waals surface area contributed by atoms with Crippen LogP contribution in [-0.2, 0) is 14.2 Å². The number of rotatable bonds is 4. The summed E-state index contributed by atoms with van der Waals surface area (Å²) < 4.78 is 15.5. The second kappa shape index (κ2) is 7.89. The van der Waals surface area contributed by atoms with E-state index in [9.17, 15) is 35.7 Å². The highest BCUT2D eigenvalue weighted by molar-refractivity contribution is 7.80. The van der Waals surface area contributed by atoms with Gasteiger partial charge in [-0.05, 0) is 0 Å². The first-order valence-electron chi connectivity index (χ1n) is 7.08. The molecule has 0 aromatic heterocycles. The Morgan fingerprint density at radius 2 is 1.43 bits per heavy atom. The SMILES string of the molecule is OCC1O[C@@H](O)[C@@H](O)C(O)[C@H]1O[C@@H]1OC(CS)[C@H](O)C(O)[C@@H]1O. The molecule has 0 spiro atoms. The van der Waals surface area contributed by atoms with Gasteiger partial charge in [0.25, 0.3) is 0 Å². The fourth-order valence-corrected chi connectivity index (χ4v) is 2.87. The highest BCUT2D eigenvalue weighted by atomic mass is 32.1. The molecular weight excluding hydrogens is 336 g/mol. The third-order valence-electron chi connectivity index (χ3n) is 3.98. The van der Waals surface area contributed by atoms with Crippen LogP contribution in [0.1, 0.15) is 0 Å². The van der Waals surface area contributed by atoms with Crippen LogP contribution in [0.2, 0.25) is 0 Å². The van der Waals surface area contributed by atoms with Crippen molar-refractivity contribution < 1.29 is 50.0 Å². The molecule has 0 aromatic rings. The average molecular weight is 358 g/mol. The number of aliphatic hydroxyl groups is 7. The molecule has 136 valence electrons. The summed E-state index contributed by atoms with van der Waals surface area (Å²) in [5.41, 5.74) is 0. The molecule has 2 aliphatic rings. The van der Waals surface area contributed by atoms with Gasteiger partial charge in [0.1, 0.15) is 42.7 Å². The summed E-state index contributed by atoms with van der Waals surface area (Å²) in [6.45, 7) is -0.643. The lowest BCUT2D eigenvalue weighted by atomic mass is 9.97. The average Bonchev–Trinajstić information content (AvgIpc) is 2.55. The summed E-state index contributed by atoms with van der Waals surface area (Å²) in [6.07, 6.45) is -14.6. The van der Waals surface area contributed by atoms with E-state index in [1.54, 1.807) is 0 Å². The van der Waals surface area contributed by atoms with Crippen LogP contribution >= 0.6 is 12.6 Å². The number of thiol groups is 1. The van der Waals surface area contributed by atoms with Crippen LogP contribution < -0.4 is 0 Å². The Bertz CT molecular complexity index is 383. The number of hydrogen-bond donors (Lipinski definition) is 8. The van der Waals surface area contributed by atoms with Crippen molar-refractivity contribution in [3.8, 4) is 0 Å². The summed E-state index contributed by atoms with van der Waals surface area (Å²) in [5, 5.41) is 67.7. The number of aliphatic hydroxyl groups excluding tert-OH is 7. The molecule has 2 heterocycles. The second-order valence-corrected chi connectivity index (χ2v) is 5.89. The van der Waals surface area contributed by atoms with Crippen LogP contribution in [0.3, 0.4) is 0 Å². The van der Waals surface area contributed by atoms with E-state index < -0.39 is 68.0 Å². The highest BCUT2D eigenvalue weighted by Crippen LogP contribution is 2.28. The first kappa shape index (κ1) is 19.3. The van der Waals surface area contributed by atoms with E-state index in [4.69, 9.17) is 14.2 Å². The summed E-state index contributed by atoms with van der Waals surface area (Å²) in [5.74, 6) is 0.0271. The minimum atomic E-state index is -1.71. The van der Waals surface area contributed by atoms with Gasteiger partial charge in [0.05, 0.1) is 12.7 Å². The Morgan fingerprint density at radius 1 is 0.783 bits per heavy atom. The maximum Gasteiger partial charge on any atom is 0.187 e. The third-order valence-corrected chi connectivity index (χ3v) is 4.34. The van der Waals surface area contributed by atoms with Gasteiger partial charge >= 0.3 is 0 Å². The van der Waals surface area contributed by atoms with Crippen LogP contribution in [0.25, 0.3) is 0 Å². The molecule has 0 aliphatic carbocycles. The normalized spacial score (nSPS) is 51.7. The smallest absolute Gasteiger partial charge is 0.187 e. The zero-order valence-corrected chi connectivity index (χ0v) is 12.9. The molecule has 11 heteroatoms. The van der Waals surface area contributed by atoms with E-state index in [-0.39, 0.29) is 5.75 Å². The highest BCUT2D eigenvalue weighted by Gasteiger charge is 2.49. The van der Waals surface area contributed by atoms with Crippen molar-refractivity contribution in [2.45, 2.75) is 61.4 Å². The van der Waals surface area contributed by atoms with Crippen molar-refractivity contribution in [1.29, 1.82) is 0 Å². The molecule has 0 saturated carbocycles. The van der Waals surface area contributed by atoms with Gasteiger partial charge in [-0.1, -0.05) is 0 Å². The molecule has 0 bridgehead atoms.